The molecule has 0 aliphatic rings. The molecule has 2 N–H and O–H groups in total. The number of nitrogens with zero attached hydrogens (tertiary/aromatic N) is 4. The van der Waals surface area contributed by atoms with Crippen LogP contribution in [0.1, 0.15) is 5.69 Å². The van der Waals surface area contributed by atoms with Crippen molar-refractivity contribution in [3.63, 3.8) is 0 Å². The standard InChI is InChI=1S/C7H10N6/c1-13-7(9-5-11-13)8-4-6-2-3-10-12-6/h2-3,5H,4H2,1H3,(H,10,12)(H,8,9,11). The van der Waals surface area contributed by atoms with Gasteiger partial charge in [-0.05, 0) is 6.07 Å². The molecular weight excluding hydrogens is 168 g/mol. The normalized spacial score (nSPS) is 10.2. The lowest BCUT2D eigenvalue weighted by atomic mass is 10.4. The fourth-order valence-electron chi connectivity index (χ4n) is 1.01. The Bertz CT molecular complexity index is 362. The molecule has 2 rings (SSSR count). The summed E-state index contributed by atoms with van der Waals surface area (Å²) in [4.78, 5) is 4.02. The lowest BCUT2D eigenvalue weighted by Gasteiger charge is -2.01. The summed E-state index contributed by atoms with van der Waals surface area (Å²) in [6.07, 6.45) is 3.23. The molecule has 2 heterocycles. The average molecular weight is 178 g/mol. The van der Waals surface area contributed by atoms with Crippen LogP contribution < -0.4 is 5.32 Å². The van der Waals surface area contributed by atoms with Gasteiger partial charge in [0, 0.05) is 13.2 Å². The van der Waals surface area contributed by atoms with Crippen LogP contribution in [0, 0.1) is 0 Å². The van der Waals surface area contributed by atoms with Crippen LogP contribution in [0.2, 0.25) is 0 Å². The van der Waals surface area contributed by atoms with E-state index in [1.807, 2.05) is 13.1 Å². The molecule has 0 saturated carbocycles. The minimum absolute atomic E-state index is 0.673. The molecule has 0 saturated heterocycles. The summed E-state index contributed by atoms with van der Waals surface area (Å²) in [5.41, 5.74) is 1.02. The molecule has 0 radical (unpaired) electrons. The number of hydrogen-bond donors (Lipinski definition) is 2. The van der Waals surface area contributed by atoms with E-state index < -0.39 is 0 Å². The van der Waals surface area contributed by atoms with Crippen molar-refractivity contribution in [1.29, 1.82) is 0 Å². The van der Waals surface area contributed by atoms with Gasteiger partial charge in [0.25, 0.3) is 0 Å². The van der Waals surface area contributed by atoms with Gasteiger partial charge < -0.3 is 5.32 Å². The number of H-pyrrole nitrogens is 1. The van der Waals surface area contributed by atoms with Crippen LogP contribution in [-0.2, 0) is 13.6 Å². The number of hydrogen-bond acceptors (Lipinski definition) is 4. The Balaban J connectivity index is 1.97. The summed E-state index contributed by atoms with van der Waals surface area (Å²) in [6, 6.07) is 1.91. The second-order valence-corrected chi connectivity index (χ2v) is 2.64. The van der Waals surface area contributed by atoms with Crippen LogP contribution in [0.4, 0.5) is 5.95 Å². The van der Waals surface area contributed by atoms with Crippen molar-refractivity contribution in [2.75, 3.05) is 5.32 Å². The Morgan fingerprint density at radius 3 is 3.15 bits per heavy atom. The average Bonchev–Trinajstić information content (AvgIpc) is 2.72. The lowest BCUT2D eigenvalue weighted by Crippen LogP contribution is -2.05. The van der Waals surface area contributed by atoms with Crippen molar-refractivity contribution in [2.24, 2.45) is 7.05 Å². The molecular formula is C7H10N6. The van der Waals surface area contributed by atoms with Crippen molar-refractivity contribution in [1.82, 2.24) is 25.0 Å². The van der Waals surface area contributed by atoms with E-state index >= 15 is 0 Å². The Labute approximate surface area is 75.0 Å². The van der Waals surface area contributed by atoms with Gasteiger partial charge in [-0.15, -0.1) is 0 Å². The molecule has 6 heteroatoms. The van der Waals surface area contributed by atoms with Gasteiger partial charge in [-0.3, -0.25) is 5.10 Å². The van der Waals surface area contributed by atoms with Crippen LogP contribution in [0.5, 0.6) is 0 Å². The first-order valence-corrected chi connectivity index (χ1v) is 3.92. The highest BCUT2D eigenvalue weighted by Crippen LogP contribution is 2.00. The summed E-state index contributed by atoms with van der Waals surface area (Å²) in [7, 11) is 1.84. The Hall–Kier alpha value is -1.85. The first-order valence-electron chi connectivity index (χ1n) is 3.92. The third-order valence-corrected chi connectivity index (χ3v) is 1.71. The van der Waals surface area contributed by atoms with Gasteiger partial charge >= 0.3 is 0 Å². The third-order valence-electron chi connectivity index (χ3n) is 1.71. The summed E-state index contributed by atoms with van der Waals surface area (Å²) >= 11 is 0. The van der Waals surface area contributed by atoms with E-state index in [0.717, 1.165) is 11.6 Å². The fraction of sp³-hybridized carbons (Fsp3) is 0.286. The van der Waals surface area contributed by atoms with Gasteiger partial charge in [0.15, 0.2) is 0 Å². The van der Waals surface area contributed by atoms with E-state index in [0.29, 0.717) is 6.54 Å². The van der Waals surface area contributed by atoms with Gasteiger partial charge in [0.1, 0.15) is 6.33 Å². The molecule has 6 nitrogen and oxygen atoms in total. The number of anilines is 1. The molecule has 0 aromatic carbocycles. The molecule has 13 heavy (non-hydrogen) atoms. The van der Waals surface area contributed by atoms with Crippen LogP contribution in [-0.4, -0.2) is 25.0 Å². The van der Waals surface area contributed by atoms with E-state index in [-0.39, 0.29) is 0 Å². The van der Waals surface area contributed by atoms with Crippen LogP contribution >= 0.6 is 0 Å². The zero-order chi connectivity index (χ0) is 9.10. The van der Waals surface area contributed by atoms with Crippen molar-refractivity contribution in [3.05, 3.63) is 24.3 Å². The SMILES string of the molecule is Cn1ncnc1NCc1ccn[nH]1. The largest absolute Gasteiger partial charge is 0.349 e. The molecule has 0 aliphatic heterocycles. The molecule has 0 aliphatic carbocycles. The number of aryl methyl sites for hydroxylation is 1. The van der Waals surface area contributed by atoms with E-state index in [1.165, 1.54) is 6.33 Å². The molecule has 0 amide bonds. The monoisotopic (exact) mass is 178 g/mol. The fourth-order valence-corrected chi connectivity index (χ4v) is 1.01. The number of aromatic amines is 1. The zero-order valence-corrected chi connectivity index (χ0v) is 7.23. The van der Waals surface area contributed by atoms with Crippen molar-refractivity contribution in [3.8, 4) is 0 Å². The number of rotatable bonds is 3. The first-order chi connectivity index (χ1) is 6.36. The molecule has 2 aromatic rings. The van der Waals surface area contributed by atoms with Gasteiger partial charge in [-0.25, -0.2) is 4.68 Å². The van der Waals surface area contributed by atoms with Crippen molar-refractivity contribution < 1.29 is 0 Å². The topological polar surface area (TPSA) is 71.4 Å². The van der Waals surface area contributed by atoms with Crippen LogP contribution in [0.15, 0.2) is 18.6 Å². The third kappa shape index (κ3) is 1.66. The molecule has 0 fully saturated rings. The first kappa shape index (κ1) is 7.78. The van der Waals surface area contributed by atoms with E-state index in [1.54, 1.807) is 10.9 Å². The summed E-state index contributed by atoms with van der Waals surface area (Å²) in [6.45, 7) is 0.673. The van der Waals surface area contributed by atoms with E-state index in [9.17, 15) is 0 Å². The van der Waals surface area contributed by atoms with E-state index in [4.69, 9.17) is 0 Å². The van der Waals surface area contributed by atoms with E-state index in [2.05, 4.69) is 25.6 Å². The number of aromatic nitrogens is 5. The zero-order valence-electron chi connectivity index (χ0n) is 7.23. The molecule has 0 unspecified atom stereocenters. The van der Waals surface area contributed by atoms with Crippen LogP contribution in [0.3, 0.4) is 0 Å². The quantitative estimate of drug-likeness (QED) is 0.701. The highest BCUT2D eigenvalue weighted by atomic mass is 15.4. The Morgan fingerprint density at radius 1 is 1.62 bits per heavy atom. The lowest BCUT2D eigenvalue weighted by molar-refractivity contribution is 0.765. The second kappa shape index (κ2) is 3.26. The molecule has 68 valence electrons. The summed E-state index contributed by atoms with van der Waals surface area (Å²) in [5, 5.41) is 13.7. The van der Waals surface area contributed by atoms with Crippen LogP contribution in [0.25, 0.3) is 0 Å². The second-order valence-electron chi connectivity index (χ2n) is 2.64. The predicted octanol–water partition coefficient (Wildman–Crippen LogP) is 0.150. The Kier molecular flexibility index (Phi) is 1.95. The van der Waals surface area contributed by atoms with Gasteiger partial charge in [0.2, 0.25) is 5.95 Å². The molecule has 0 spiro atoms. The minimum Gasteiger partial charge on any atom is -0.349 e. The maximum absolute atomic E-state index is 4.02. The Morgan fingerprint density at radius 2 is 2.54 bits per heavy atom. The van der Waals surface area contributed by atoms with Gasteiger partial charge in [-0.2, -0.15) is 15.2 Å². The maximum atomic E-state index is 4.02. The highest BCUT2D eigenvalue weighted by Gasteiger charge is 1.99. The maximum Gasteiger partial charge on any atom is 0.221 e. The van der Waals surface area contributed by atoms with Crippen molar-refractivity contribution >= 4 is 5.95 Å². The van der Waals surface area contributed by atoms with Gasteiger partial charge in [0.05, 0.1) is 12.2 Å². The molecule has 2 aromatic heterocycles. The molecule has 0 atom stereocenters. The highest BCUT2D eigenvalue weighted by molar-refractivity contribution is 5.23. The number of nitrogens with one attached hydrogen (secondary N) is 2. The van der Waals surface area contributed by atoms with Gasteiger partial charge in [-0.1, -0.05) is 0 Å². The molecule has 0 bridgehead atoms. The smallest absolute Gasteiger partial charge is 0.221 e. The van der Waals surface area contributed by atoms with Crippen molar-refractivity contribution in [2.45, 2.75) is 6.54 Å². The minimum atomic E-state index is 0.673. The predicted molar refractivity (Wildman–Crippen MR) is 46.9 cm³/mol. The summed E-state index contributed by atoms with van der Waals surface area (Å²) < 4.78 is 1.68. The summed E-state index contributed by atoms with van der Waals surface area (Å²) in [5.74, 6) is 0.745.